The molecule has 1 saturated heterocycles. The van der Waals surface area contributed by atoms with Gasteiger partial charge in [0.15, 0.2) is 0 Å². The van der Waals surface area contributed by atoms with Crippen LogP contribution < -0.4 is 9.21 Å². The molecular weight excluding hydrogens is 548 g/mol. The van der Waals surface area contributed by atoms with Crippen molar-refractivity contribution in [2.75, 3.05) is 28.9 Å². The van der Waals surface area contributed by atoms with Gasteiger partial charge >= 0.3 is 5.97 Å². The number of ether oxygens (including phenoxy) is 1. The Balaban J connectivity index is 1.58. The first-order chi connectivity index (χ1) is 18.2. The highest BCUT2D eigenvalue weighted by atomic mass is 35.5. The molecule has 198 valence electrons. The number of carbonyl (C=O) groups is 2. The molecule has 0 bridgehead atoms. The van der Waals surface area contributed by atoms with E-state index in [0.717, 1.165) is 15.6 Å². The molecule has 1 aromatic carbocycles. The van der Waals surface area contributed by atoms with Crippen LogP contribution in [-0.4, -0.2) is 45.0 Å². The summed E-state index contributed by atoms with van der Waals surface area (Å²) in [4.78, 5) is 32.3. The van der Waals surface area contributed by atoms with E-state index >= 15 is 0 Å². The van der Waals surface area contributed by atoms with Crippen molar-refractivity contribution in [3.05, 3.63) is 69.7 Å². The third-order valence-electron chi connectivity index (χ3n) is 6.19. The van der Waals surface area contributed by atoms with Gasteiger partial charge in [-0.3, -0.25) is 4.79 Å². The third kappa shape index (κ3) is 5.53. The Morgan fingerprint density at radius 2 is 1.89 bits per heavy atom. The molecule has 0 radical (unpaired) electrons. The second-order valence-corrected chi connectivity index (χ2v) is 12.3. The van der Waals surface area contributed by atoms with Crippen LogP contribution in [0, 0.1) is 24.2 Å². The summed E-state index contributed by atoms with van der Waals surface area (Å²) in [6, 6.07) is 14.7. The van der Waals surface area contributed by atoms with E-state index in [1.54, 1.807) is 44.2 Å². The van der Waals surface area contributed by atoms with Crippen LogP contribution in [0.15, 0.2) is 52.7 Å². The van der Waals surface area contributed by atoms with E-state index in [-0.39, 0.29) is 27.6 Å². The summed E-state index contributed by atoms with van der Waals surface area (Å²) < 4.78 is 33.3. The zero-order valence-electron chi connectivity index (χ0n) is 20.8. The van der Waals surface area contributed by atoms with Gasteiger partial charge in [-0.05, 0) is 57.0 Å². The minimum Gasteiger partial charge on any atom is -0.462 e. The number of rotatable bonds is 7. The highest BCUT2D eigenvalue weighted by molar-refractivity contribution is 7.95. The van der Waals surface area contributed by atoms with Crippen LogP contribution in [-0.2, 0) is 19.6 Å². The predicted octanol–water partition coefficient (Wildman–Crippen LogP) is 4.79. The molecule has 4 rings (SSSR count). The number of carbonyl (C=O) groups excluding carboxylic acids is 2. The van der Waals surface area contributed by atoms with Crippen molar-refractivity contribution in [1.29, 1.82) is 5.26 Å². The number of aromatic nitrogens is 1. The minimum atomic E-state index is -4.18. The number of benzene rings is 1. The van der Waals surface area contributed by atoms with Crippen molar-refractivity contribution in [2.24, 2.45) is 5.92 Å². The highest BCUT2D eigenvalue weighted by Gasteiger charge is 2.38. The van der Waals surface area contributed by atoms with Gasteiger partial charge in [0.2, 0.25) is 5.91 Å². The fourth-order valence-electron chi connectivity index (χ4n) is 4.31. The minimum absolute atomic E-state index is 0.0165. The van der Waals surface area contributed by atoms with Crippen molar-refractivity contribution in [3.63, 3.8) is 0 Å². The summed E-state index contributed by atoms with van der Waals surface area (Å²) in [6.07, 6.45) is 0.711. The van der Waals surface area contributed by atoms with Gasteiger partial charge in [-0.2, -0.15) is 13.7 Å². The molecule has 0 aliphatic carbocycles. The first-order valence-electron chi connectivity index (χ1n) is 11.9. The summed E-state index contributed by atoms with van der Waals surface area (Å²) >= 11 is 6.88. The number of esters is 1. The van der Waals surface area contributed by atoms with Gasteiger partial charge in [0.1, 0.15) is 16.1 Å². The molecule has 0 saturated carbocycles. The maximum Gasteiger partial charge on any atom is 0.340 e. The molecule has 1 amide bonds. The normalized spacial score (nSPS) is 14.1. The molecule has 3 aromatic rings. The van der Waals surface area contributed by atoms with Gasteiger partial charge < -0.3 is 9.64 Å². The summed E-state index contributed by atoms with van der Waals surface area (Å²) in [6.45, 7) is 4.34. The van der Waals surface area contributed by atoms with Crippen LogP contribution in [0.5, 0.6) is 0 Å². The summed E-state index contributed by atoms with van der Waals surface area (Å²) in [5.74, 6) is -1.21. The zero-order valence-corrected chi connectivity index (χ0v) is 23.1. The lowest BCUT2D eigenvalue weighted by Gasteiger charge is -2.35. The van der Waals surface area contributed by atoms with Crippen LogP contribution in [0.25, 0.3) is 0 Å². The lowest BCUT2D eigenvalue weighted by Crippen LogP contribution is -2.45. The molecular formula is C26H25ClN4O5S2. The van der Waals surface area contributed by atoms with Crippen LogP contribution in [0.1, 0.15) is 41.4 Å². The van der Waals surface area contributed by atoms with Crippen molar-refractivity contribution < 1.29 is 22.7 Å². The molecule has 38 heavy (non-hydrogen) atoms. The Kier molecular flexibility index (Phi) is 8.35. The first-order valence-corrected chi connectivity index (χ1v) is 14.5. The number of halogens is 1. The number of aryl methyl sites for hydroxylation is 1. The van der Waals surface area contributed by atoms with Crippen LogP contribution in [0.2, 0.25) is 4.34 Å². The molecule has 0 atom stereocenters. The first kappa shape index (κ1) is 27.6. The Morgan fingerprint density at radius 3 is 2.47 bits per heavy atom. The predicted molar refractivity (Wildman–Crippen MR) is 145 cm³/mol. The second-order valence-electron chi connectivity index (χ2n) is 8.59. The largest absolute Gasteiger partial charge is 0.462 e. The number of nitrogens with zero attached hydrogens (tertiary/aromatic N) is 4. The number of anilines is 2. The van der Waals surface area contributed by atoms with E-state index in [2.05, 4.69) is 11.1 Å². The van der Waals surface area contributed by atoms with E-state index in [4.69, 9.17) is 16.3 Å². The Hall–Kier alpha value is -3.46. The molecule has 0 N–H and O–H groups in total. The van der Waals surface area contributed by atoms with Crippen molar-refractivity contribution in [2.45, 2.75) is 30.9 Å². The number of amides is 1. The van der Waals surface area contributed by atoms with Gasteiger partial charge in [0.05, 0.1) is 33.5 Å². The third-order valence-corrected chi connectivity index (χ3v) is 9.61. The number of thiophene rings is 1. The van der Waals surface area contributed by atoms with Gasteiger partial charge in [-0.25, -0.2) is 14.1 Å². The molecule has 1 fully saturated rings. The smallest absolute Gasteiger partial charge is 0.340 e. The van der Waals surface area contributed by atoms with Gasteiger partial charge in [0.25, 0.3) is 10.0 Å². The molecule has 1 aliphatic rings. The molecule has 0 unspecified atom stereocenters. The number of sulfonamides is 1. The number of nitriles is 1. The number of pyridine rings is 1. The van der Waals surface area contributed by atoms with Gasteiger partial charge in [-0.1, -0.05) is 29.8 Å². The van der Waals surface area contributed by atoms with Crippen molar-refractivity contribution >= 4 is 56.3 Å². The number of hydrogen-bond donors (Lipinski definition) is 0. The fraction of sp³-hybridized carbons (Fsp3) is 0.308. The molecule has 9 nitrogen and oxygen atoms in total. The number of piperidine rings is 1. The number of para-hydroxylation sites is 1. The highest BCUT2D eigenvalue weighted by Crippen LogP contribution is 2.34. The molecule has 2 aromatic heterocycles. The Labute approximate surface area is 230 Å². The second kappa shape index (κ2) is 11.5. The molecule has 12 heteroatoms. The van der Waals surface area contributed by atoms with E-state index in [9.17, 15) is 23.3 Å². The summed E-state index contributed by atoms with van der Waals surface area (Å²) in [5.41, 5.74) is 1.15. The standard InChI is InChI=1S/C26H25ClN4O5S2/c1-3-36-26(33)21-15-19(16-28)24(29-17(21)2)30-13-11-18(12-14-30)25(32)31(20-7-5-4-6-8-20)38(34,35)23-10-9-22(27)37-23/h4-10,15,18H,3,11-14H2,1-2H3. The monoisotopic (exact) mass is 572 g/mol. The van der Waals surface area contributed by atoms with Gasteiger partial charge in [0, 0.05) is 19.0 Å². The van der Waals surface area contributed by atoms with E-state index in [0.29, 0.717) is 41.8 Å². The fourth-order valence-corrected chi connectivity index (χ4v) is 7.34. The van der Waals surface area contributed by atoms with Crippen LogP contribution in [0.3, 0.4) is 0 Å². The average Bonchev–Trinajstić information content (AvgIpc) is 3.36. The lowest BCUT2D eigenvalue weighted by molar-refractivity contribution is -0.121. The maximum absolute atomic E-state index is 13.7. The van der Waals surface area contributed by atoms with E-state index in [1.165, 1.54) is 18.2 Å². The zero-order chi connectivity index (χ0) is 27.4. The maximum atomic E-state index is 13.7. The molecule has 0 spiro atoms. The SMILES string of the molecule is CCOC(=O)c1cc(C#N)c(N2CCC(C(=O)N(c3ccccc3)S(=O)(=O)c3ccc(Cl)s3)CC2)nc1C. The quantitative estimate of drug-likeness (QED) is 0.370. The van der Waals surface area contributed by atoms with Crippen LogP contribution in [0.4, 0.5) is 11.5 Å². The lowest BCUT2D eigenvalue weighted by atomic mass is 9.95. The number of hydrogen-bond acceptors (Lipinski definition) is 9. The topological polar surface area (TPSA) is 121 Å². The summed E-state index contributed by atoms with van der Waals surface area (Å²) in [5, 5.41) is 9.71. The van der Waals surface area contributed by atoms with Crippen LogP contribution >= 0.6 is 22.9 Å². The van der Waals surface area contributed by atoms with E-state index < -0.39 is 27.8 Å². The van der Waals surface area contributed by atoms with E-state index in [1.807, 2.05) is 4.90 Å². The Bertz CT molecular complexity index is 1490. The molecule has 1 aliphatic heterocycles. The summed E-state index contributed by atoms with van der Waals surface area (Å²) in [7, 11) is -4.18. The molecule has 3 heterocycles. The average molecular weight is 573 g/mol. The van der Waals surface area contributed by atoms with Crippen molar-refractivity contribution in [1.82, 2.24) is 4.98 Å². The van der Waals surface area contributed by atoms with Crippen molar-refractivity contribution in [3.8, 4) is 6.07 Å². The van der Waals surface area contributed by atoms with Gasteiger partial charge in [-0.15, -0.1) is 11.3 Å². The Morgan fingerprint density at radius 1 is 1.21 bits per heavy atom.